The largest absolute Gasteiger partial charge is 0.309 e. The minimum Gasteiger partial charge on any atom is -0.309 e. The van der Waals surface area contributed by atoms with E-state index in [2.05, 4.69) is 226 Å². The molecular formula is C54H35N3. The Balaban J connectivity index is 1.13. The summed E-state index contributed by atoms with van der Waals surface area (Å²) < 4.78 is 7.36. The summed E-state index contributed by atoms with van der Waals surface area (Å²) in [7, 11) is 0. The molecule has 0 bridgehead atoms. The number of fused-ring (bicyclic) bond motifs is 10. The van der Waals surface area contributed by atoms with Crippen LogP contribution in [-0.4, -0.2) is 13.7 Å². The third-order valence-electron chi connectivity index (χ3n) is 11.8. The lowest BCUT2D eigenvalue weighted by Crippen LogP contribution is -1.97. The first kappa shape index (κ1) is 31.7. The fourth-order valence-corrected chi connectivity index (χ4v) is 9.35. The molecule has 0 saturated carbocycles. The first-order chi connectivity index (χ1) is 28.3. The first-order valence-corrected chi connectivity index (χ1v) is 19.6. The van der Waals surface area contributed by atoms with Gasteiger partial charge in [-0.3, -0.25) is 0 Å². The Morgan fingerprint density at radius 2 is 0.702 bits per heavy atom. The van der Waals surface area contributed by atoms with Crippen molar-refractivity contribution in [3.05, 3.63) is 212 Å². The van der Waals surface area contributed by atoms with Crippen LogP contribution in [-0.2, 0) is 0 Å². The lowest BCUT2D eigenvalue weighted by Gasteiger charge is -2.14. The van der Waals surface area contributed by atoms with Crippen molar-refractivity contribution in [2.75, 3.05) is 0 Å². The van der Waals surface area contributed by atoms with Crippen molar-refractivity contribution in [1.82, 2.24) is 13.7 Å². The molecule has 57 heavy (non-hydrogen) atoms. The van der Waals surface area contributed by atoms with E-state index in [1.165, 1.54) is 87.7 Å². The molecular weight excluding hydrogens is 691 g/mol. The van der Waals surface area contributed by atoms with Crippen LogP contribution in [0, 0.1) is 0 Å². The van der Waals surface area contributed by atoms with E-state index in [0.717, 1.165) is 17.1 Å². The highest BCUT2D eigenvalue weighted by molar-refractivity contribution is 6.26. The molecule has 9 aromatic carbocycles. The van der Waals surface area contributed by atoms with Gasteiger partial charge in [0.25, 0.3) is 0 Å². The van der Waals surface area contributed by atoms with E-state index in [9.17, 15) is 0 Å². The lowest BCUT2D eigenvalue weighted by atomic mass is 9.98. The third kappa shape index (κ3) is 4.79. The van der Waals surface area contributed by atoms with E-state index in [1.54, 1.807) is 0 Å². The molecule has 0 amide bonds. The molecule has 0 aliphatic heterocycles. The molecule has 266 valence electrons. The number of hydrogen-bond donors (Lipinski definition) is 0. The van der Waals surface area contributed by atoms with Gasteiger partial charge in [-0.1, -0.05) is 140 Å². The summed E-state index contributed by atoms with van der Waals surface area (Å²) in [6.45, 7) is 0. The average Bonchev–Trinajstić information content (AvgIpc) is 3.92. The van der Waals surface area contributed by atoms with Crippen LogP contribution in [0.5, 0.6) is 0 Å². The Kier molecular flexibility index (Phi) is 6.93. The van der Waals surface area contributed by atoms with Gasteiger partial charge in [0.05, 0.1) is 33.1 Å². The minimum absolute atomic E-state index is 1.14. The fraction of sp³-hybridized carbons (Fsp3) is 0. The zero-order valence-corrected chi connectivity index (χ0v) is 31.0. The van der Waals surface area contributed by atoms with Gasteiger partial charge in [-0.15, -0.1) is 0 Å². The molecule has 0 N–H and O–H groups in total. The highest BCUT2D eigenvalue weighted by atomic mass is 15.0. The molecule has 0 unspecified atom stereocenters. The molecule has 0 radical (unpaired) electrons. The molecule has 0 aliphatic carbocycles. The van der Waals surface area contributed by atoms with Crippen LogP contribution < -0.4 is 0 Å². The van der Waals surface area contributed by atoms with E-state index in [1.807, 2.05) is 0 Å². The monoisotopic (exact) mass is 725 g/mol. The van der Waals surface area contributed by atoms with E-state index < -0.39 is 0 Å². The zero-order valence-electron chi connectivity index (χ0n) is 31.0. The molecule has 3 nitrogen and oxygen atoms in total. The Hall–Kier alpha value is -7.62. The van der Waals surface area contributed by atoms with E-state index >= 15 is 0 Å². The molecule has 0 aliphatic rings. The summed E-state index contributed by atoms with van der Waals surface area (Å²) in [4.78, 5) is 0. The summed E-state index contributed by atoms with van der Waals surface area (Å²) in [6, 6.07) is 77.4. The van der Waals surface area contributed by atoms with Crippen LogP contribution >= 0.6 is 0 Å². The van der Waals surface area contributed by atoms with Crippen molar-refractivity contribution in [1.29, 1.82) is 0 Å². The van der Waals surface area contributed by atoms with Gasteiger partial charge in [-0.05, 0) is 95.1 Å². The van der Waals surface area contributed by atoms with Gasteiger partial charge in [0.15, 0.2) is 0 Å². The Morgan fingerprint density at radius 1 is 0.228 bits per heavy atom. The number of aromatic nitrogens is 3. The number of rotatable bonds is 5. The van der Waals surface area contributed by atoms with Crippen molar-refractivity contribution in [2.45, 2.75) is 0 Å². The van der Waals surface area contributed by atoms with Crippen LogP contribution in [0.4, 0.5) is 0 Å². The maximum Gasteiger partial charge on any atom is 0.0641 e. The van der Waals surface area contributed by atoms with Crippen molar-refractivity contribution in [3.8, 4) is 39.3 Å². The van der Waals surface area contributed by atoms with Gasteiger partial charge in [0, 0.05) is 49.4 Å². The van der Waals surface area contributed by atoms with Crippen LogP contribution in [0.1, 0.15) is 0 Å². The number of hydrogen-bond acceptors (Lipinski definition) is 0. The predicted octanol–water partition coefficient (Wildman–Crippen LogP) is 14.3. The summed E-state index contributed by atoms with van der Waals surface area (Å²) in [5, 5.41) is 7.48. The molecule has 0 spiro atoms. The van der Waals surface area contributed by atoms with E-state index in [4.69, 9.17) is 0 Å². The van der Waals surface area contributed by atoms with Gasteiger partial charge in [-0.25, -0.2) is 0 Å². The summed E-state index contributed by atoms with van der Waals surface area (Å²) in [6.07, 6.45) is 0. The molecule has 0 saturated heterocycles. The first-order valence-electron chi connectivity index (χ1n) is 19.6. The number of para-hydroxylation sites is 4. The normalized spacial score (nSPS) is 11.9. The summed E-state index contributed by atoms with van der Waals surface area (Å²) in [5.74, 6) is 0. The Bertz CT molecular complexity index is 3440. The molecule has 3 heterocycles. The summed E-state index contributed by atoms with van der Waals surface area (Å²) >= 11 is 0. The van der Waals surface area contributed by atoms with Crippen LogP contribution in [0.3, 0.4) is 0 Å². The topological polar surface area (TPSA) is 14.8 Å². The molecule has 12 aromatic rings. The van der Waals surface area contributed by atoms with Crippen molar-refractivity contribution >= 4 is 65.4 Å². The minimum atomic E-state index is 1.14. The molecule has 3 heteroatoms. The second-order valence-corrected chi connectivity index (χ2v) is 15.0. The van der Waals surface area contributed by atoms with E-state index in [0.29, 0.717) is 0 Å². The Labute approximate surface area is 329 Å². The quantitative estimate of drug-likeness (QED) is 0.168. The molecule has 0 atom stereocenters. The van der Waals surface area contributed by atoms with E-state index in [-0.39, 0.29) is 0 Å². The zero-order chi connectivity index (χ0) is 37.5. The standard InChI is InChI=1S/C54H35N3/c1-4-16-36(17-5-1)38-32-39(37-18-6-2-7-19-37)34-42(33-38)56-48-25-13-11-23-44(48)47-35-41(28-30-51(47)56)55-50-27-15-12-24-46(50)53-52(55)31-29-45-43-22-10-14-26-49(43)57(54(45)53)40-20-8-3-9-21-40/h1-35H. The number of nitrogens with zero attached hydrogens (tertiary/aromatic N) is 3. The molecule has 12 rings (SSSR count). The maximum atomic E-state index is 2.46. The smallest absolute Gasteiger partial charge is 0.0641 e. The van der Waals surface area contributed by atoms with Crippen molar-refractivity contribution < 1.29 is 0 Å². The predicted molar refractivity (Wildman–Crippen MR) is 240 cm³/mol. The van der Waals surface area contributed by atoms with Gasteiger partial charge < -0.3 is 13.7 Å². The molecule has 0 fully saturated rings. The highest BCUT2D eigenvalue weighted by Crippen LogP contribution is 2.43. The second-order valence-electron chi connectivity index (χ2n) is 15.0. The fourth-order valence-electron chi connectivity index (χ4n) is 9.35. The van der Waals surface area contributed by atoms with Crippen molar-refractivity contribution in [3.63, 3.8) is 0 Å². The molecule has 3 aromatic heterocycles. The Morgan fingerprint density at radius 3 is 1.35 bits per heavy atom. The van der Waals surface area contributed by atoms with Crippen LogP contribution in [0.25, 0.3) is 105 Å². The van der Waals surface area contributed by atoms with Gasteiger partial charge in [0.2, 0.25) is 0 Å². The number of benzene rings is 9. The lowest BCUT2D eigenvalue weighted by molar-refractivity contribution is 1.16. The van der Waals surface area contributed by atoms with Crippen LogP contribution in [0.2, 0.25) is 0 Å². The van der Waals surface area contributed by atoms with Crippen molar-refractivity contribution in [2.24, 2.45) is 0 Å². The van der Waals surface area contributed by atoms with Gasteiger partial charge >= 0.3 is 0 Å². The van der Waals surface area contributed by atoms with Gasteiger partial charge in [0.1, 0.15) is 0 Å². The summed E-state index contributed by atoms with van der Waals surface area (Å²) in [5.41, 5.74) is 15.4. The van der Waals surface area contributed by atoms with Crippen LogP contribution in [0.15, 0.2) is 212 Å². The SMILES string of the molecule is c1ccc(-c2cc(-c3ccccc3)cc(-n3c4ccccc4c4cc(-n5c6ccccc6c6c5ccc5c7ccccc7n(-c7ccccc7)c56)ccc43)c2)cc1. The third-order valence-corrected chi connectivity index (χ3v) is 11.8. The highest BCUT2D eigenvalue weighted by Gasteiger charge is 2.22. The maximum absolute atomic E-state index is 2.46. The second kappa shape index (κ2) is 12.5. The average molecular weight is 726 g/mol. The van der Waals surface area contributed by atoms with Gasteiger partial charge in [-0.2, -0.15) is 0 Å².